The van der Waals surface area contributed by atoms with Gasteiger partial charge in [-0.3, -0.25) is 4.79 Å². The van der Waals surface area contributed by atoms with Crippen LogP contribution in [0.25, 0.3) is 0 Å². The highest BCUT2D eigenvalue weighted by molar-refractivity contribution is 7.18. The summed E-state index contributed by atoms with van der Waals surface area (Å²) < 4.78 is 11.2. The number of hydrazone groups is 1. The number of rotatable bonds is 6. The smallest absolute Gasteiger partial charge is 0.277 e. The maximum absolute atomic E-state index is 11.8. The molecule has 0 saturated heterocycles. The molecular formula is C15H15ClN2O3S. The Bertz CT molecular complexity index is 685. The van der Waals surface area contributed by atoms with Crippen LogP contribution in [0.3, 0.4) is 0 Å². The monoisotopic (exact) mass is 338 g/mol. The quantitative estimate of drug-likeness (QED) is 0.649. The average Bonchev–Trinajstić information content (AvgIpc) is 2.97. The molecule has 0 aliphatic rings. The molecule has 7 heteroatoms. The van der Waals surface area contributed by atoms with E-state index in [4.69, 9.17) is 21.1 Å². The van der Waals surface area contributed by atoms with Gasteiger partial charge >= 0.3 is 0 Å². The fraction of sp³-hybridized carbons (Fsp3) is 0.200. The Kier molecular flexibility index (Phi) is 5.80. The summed E-state index contributed by atoms with van der Waals surface area (Å²) in [6.45, 7) is 1.64. The first-order valence-corrected chi connectivity index (χ1v) is 7.64. The van der Waals surface area contributed by atoms with Crippen LogP contribution in [0.5, 0.6) is 11.5 Å². The molecule has 0 saturated carbocycles. The standard InChI is InChI=1S/C15H15ClN2O3S/c1-10(13-7-8-14(16)22-13)17-18-15(19)9-21-12-6-4-3-5-11(12)20-2/h3-8H,9H2,1-2H3,(H,18,19)/b17-10-. The zero-order valence-corrected chi connectivity index (χ0v) is 13.7. The summed E-state index contributed by atoms with van der Waals surface area (Å²) in [4.78, 5) is 12.6. The van der Waals surface area contributed by atoms with E-state index in [1.54, 1.807) is 38.3 Å². The largest absolute Gasteiger partial charge is 0.493 e. The van der Waals surface area contributed by atoms with E-state index in [0.29, 0.717) is 21.5 Å². The normalized spacial score (nSPS) is 11.1. The molecule has 0 radical (unpaired) electrons. The zero-order valence-electron chi connectivity index (χ0n) is 12.1. The van der Waals surface area contributed by atoms with Gasteiger partial charge in [-0.25, -0.2) is 5.43 Å². The van der Waals surface area contributed by atoms with Gasteiger partial charge in [0, 0.05) is 0 Å². The van der Waals surface area contributed by atoms with E-state index in [1.807, 2.05) is 12.1 Å². The van der Waals surface area contributed by atoms with Gasteiger partial charge in [0.25, 0.3) is 5.91 Å². The third kappa shape index (κ3) is 4.47. The Balaban J connectivity index is 1.88. The van der Waals surface area contributed by atoms with Crippen LogP contribution < -0.4 is 14.9 Å². The molecule has 0 atom stereocenters. The van der Waals surface area contributed by atoms with Crippen LogP contribution in [-0.4, -0.2) is 25.3 Å². The van der Waals surface area contributed by atoms with Crippen molar-refractivity contribution in [3.63, 3.8) is 0 Å². The molecule has 2 rings (SSSR count). The van der Waals surface area contributed by atoms with Crippen LogP contribution >= 0.6 is 22.9 Å². The number of carbonyl (C=O) groups is 1. The van der Waals surface area contributed by atoms with Crippen molar-refractivity contribution in [2.45, 2.75) is 6.92 Å². The summed E-state index contributed by atoms with van der Waals surface area (Å²) in [6.07, 6.45) is 0. The Morgan fingerprint density at radius 3 is 2.64 bits per heavy atom. The minimum atomic E-state index is -0.354. The van der Waals surface area contributed by atoms with Gasteiger partial charge in [-0.2, -0.15) is 5.10 Å². The molecular weight excluding hydrogens is 324 g/mol. The number of thiophene rings is 1. The highest BCUT2D eigenvalue weighted by atomic mass is 35.5. The Labute approximate surface area is 137 Å². The molecule has 116 valence electrons. The molecule has 1 heterocycles. The van der Waals surface area contributed by atoms with Crippen LogP contribution in [0.15, 0.2) is 41.5 Å². The summed E-state index contributed by atoms with van der Waals surface area (Å²) >= 11 is 7.26. The number of benzene rings is 1. The van der Waals surface area contributed by atoms with E-state index in [0.717, 1.165) is 4.88 Å². The van der Waals surface area contributed by atoms with Crippen molar-refractivity contribution >= 4 is 34.6 Å². The Morgan fingerprint density at radius 2 is 2.00 bits per heavy atom. The maximum atomic E-state index is 11.8. The molecule has 5 nitrogen and oxygen atoms in total. The van der Waals surface area contributed by atoms with E-state index in [1.165, 1.54) is 11.3 Å². The lowest BCUT2D eigenvalue weighted by molar-refractivity contribution is -0.123. The molecule has 1 amide bonds. The Morgan fingerprint density at radius 1 is 1.27 bits per heavy atom. The van der Waals surface area contributed by atoms with E-state index in [-0.39, 0.29) is 12.5 Å². The number of ether oxygens (including phenoxy) is 2. The van der Waals surface area contributed by atoms with E-state index in [2.05, 4.69) is 10.5 Å². The molecule has 0 fully saturated rings. The molecule has 0 aliphatic carbocycles. The number of amides is 1. The van der Waals surface area contributed by atoms with Gasteiger partial charge in [0.2, 0.25) is 0 Å². The predicted molar refractivity (Wildman–Crippen MR) is 88.2 cm³/mol. The van der Waals surface area contributed by atoms with Crippen LogP contribution in [0, 0.1) is 0 Å². The van der Waals surface area contributed by atoms with Crippen LogP contribution in [-0.2, 0) is 4.79 Å². The third-order valence-electron chi connectivity index (χ3n) is 2.71. The molecule has 22 heavy (non-hydrogen) atoms. The second-order valence-corrected chi connectivity index (χ2v) is 5.99. The van der Waals surface area contributed by atoms with Gasteiger partial charge in [-0.15, -0.1) is 11.3 Å². The lowest BCUT2D eigenvalue weighted by Crippen LogP contribution is -2.25. The number of halogens is 1. The van der Waals surface area contributed by atoms with Crippen molar-refractivity contribution < 1.29 is 14.3 Å². The molecule has 0 unspecified atom stereocenters. The van der Waals surface area contributed by atoms with Crippen LogP contribution in [0.1, 0.15) is 11.8 Å². The zero-order chi connectivity index (χ0) is 15.9. The first-order chi connectivity index (χ1) is 10.6. The first kappa shape index (κ1) is 16.3. The van der Waals surface area contributed by atoms with Gasteiger partial charge in [-0.05, 0) is 31.2 Å². The molecule has 1 N–H and O–H groups in total. The van der Waals surface area contributed by atoms with Crippen molar-refractivity contribution in [1.82, 2.24) is 5.43 Å². The summed E-state index contributed by atoms with van der Waals surface area (Å²) in [5.74, 6) is 0.724. The summed E-state index contributed by atoms with van der Waals surface area (Å²) in [5, 5.41) is 4.02. The highest BCUT2D eigenvalue weighted by Crippen LogP contribution is 2.25. The SMILES string of the molecule is COc1ccccc1OCC(=O)N/N=C(/C)c1ccc(Cl)s1. The third-order valence-corrected chi connectivity index (χ3v) is 4.05. The van der Waals surface area contributed by atoms with Gasteiger partial charge < -0.3 is 9.47 Å². The second kappa shape index (κ2) is 7.82. The molecule has 1 aromatic carbocycles. The van der Waals surface area contributed by atoms with E-state index >= 15 is 0 Å². The van der Waals surface area contributed by atoms with E-state index in [9.17, 15) is 4.79 Å². The van der Waals surface area contributed by atoms with Crippen molar-refractivity contribution in [3.05, 3.63) is 45.6 Å². The van der Waals surface area contributed by atoms with Gasteiger partial charge in [0.05, 0.1) is 22.0 Å². The van der Waals surface area contributed by atoms with Crippen LogP contribution in [0.2, 0.25) is 4.34 Å². The van der Waals surface area contributed by atoms with Crippen LogP contribution in [0.4, 0.5) is 0 Å². The number of hydrogen-bond donors (Lipinski definition) is 1. The van der Waals surface area contributed by atoms with Crippen molar-refractivity contribution in [3.8, 4) is 11.5 Å². The average molecular weight is 339 g/mol. The lowest BCUT2D eigenvalue weighted by atomic mass is 10.3. The maximum Gasteiger partial charge on any atom is 0.277 e. The number of carbonyl (C=O) groups excluding carboxylic acids is 1. The van der Waals surface area contributed by atoms with Crippen molar-refractivity contribution in [2.24, 2.45) is 5.10 Å². The number of methoxy groups -OCH3 is 1. The minimum Gasteiger partial charge on any atom is -0.493 e. The fourth-order valence-corrected chi connectivity index (χ4v) is 2.61. The van der Waals surface area contributed by atoms with Gasteiger partial charge in [-0.1, -0.05) is 23.7 Å². The predicted octanol–water partition coefficient (Wildman–Crippen LogP) is 3.33. The summed E-state index contributed by atoms with van der Waals surface area (Å²) in [6, 6.07) is 10.8. The van der Waals surface area contributed by atoms with Gasteiger partial charge in [0.15, 0.2) is 18.1 Å². The Hall–Kier alpha value is -2.05. The topological polar surface area (TPSA) is 59.9 Å². The minimum absolute atomic E-state index is 0.150. The van der Waals surface area contributed by atoms with Gasteiger partial charge in [0.1, 0.15) is 0 Å². The first-order valence-electron chi connectivity index (χ1n) is 6.45. The number of nitrogens with one attached hydrogen (secondary N) is 1. The number of para-hydroxylation sites is 2. The van der Waals surface area contributed by atoms with E-state index < -0.39 is 0 Å². The summed E-state index contributed by atoms with van der Waals surface area (Å²) in [7, 11) is 1.54. The van der Waals surface area contributed by atoms with Crippen molar-refractivity contribution in [2.75, 3.05) is 13.7 Å². The molecule has 0 spiro atoms. The highest BCUT2D eigenvalue weighted by Gasteiger charge is 2.07. The number of hydrogen-bond acceptors (Lipinski definition) is 5. The lowest BCUT2D eigenvalue weighted by Gasteiger charge is -2.09. The molecule has 0 aliphatic heterocycles. The van der Waals surface area contributed by atoms with Crippen molar-refractivity contribution in [1.29, 1.82) is 0 Å². The molecule has 1 aromatic heterocycles. The summed E-state index contributed by atoms with van der Waals surface area (Å²) in [5.41, 5.74) is 3.13. The number of nitrogens with zero attached hydrogens (tertiary/aromatic N) is 1. The molecule has 0 bridgehead atoms. The second-order valence-electron chi connectivity index (χ2n) is 4.28. The molecule has 2 aromatic rings. The fourth-order valence-electron chi connectivity index (χ4n) is 1.62.